The van der Waals surface area contributed by atoms with Crippen LogP contribution >= 0.6 is 0 Å². The van der Waals surface area contributed by atoms with Crippen LogP contribution in [-0.2, 0) is 0 Å². The van der Waals surface area contributed by atoms with E-state index in [0.29, 0.717) is 12.6 Å². The highest BCUT2D eigenvalue weighted by Gasteiger charge is 2.28. The maximum Gasteiger partial charge on any atom is 0.0584 e. The van der Waals surface area contributed by atoms with E-state index in [4.69, 9.17) is 5.11 Å². The lowest BCUT2D eigenvalue weighted by Crippen LogP contribution is -2.37. The van der Waals surface area contributed by atoms with Crippen molar-refractivity contribution < 1.29 is 5.11 Å². The summed E-state index contributed by atoms with van der Waals surface area (Å²) < 4.78 is 0. The molecule has 2 saturated heterocycles. The van der Waals surface area contributed by atoms with Crippen molar-refractivity contribution in [1.82, 2.24) is 10.2 Å². The second-order valence-corrected chi connectivity index (χ2v) is 5.26. The van der Waals surface area contributed by atoms with Gasteiger partial charge in [0.2, 0.25) is 0 Å². The van der Waals surface area contributed by atoms with Crippen LogP contribution in [-0.4, -0.2) is 48.8 Å². The zero-order chi connectivity index (χ0) is 10.7. The lowest BCUT2D eigenvalue weighted by molar-refractivity contribution is 0.158. The first-order chi connectivity index (χ1) is 7.29. The molecule has 15 heavy (non-hydrogen) atoms. The number of rotatable bonds is 3. The molecule has 0 radical (unpaired) electrons. The Hall–Kier alpha value is -0.120. The molecule has 0 aromatic carbocycles. The lowest BCUT2D eigenvalue weighted by Gasteiger charge is -2.34. The third-order valence-corrected chi connectivity index (χ3v) is 4.06. The molecule has 3 nitrogen and oxygen atoms in total. The number of hydrogen-bond donors (Lipinski definition) is 2. The first-order valence-corrected chi connectivity index (χ1v) is 6.34. The second-order valence-electron chi connectivity index (χ2n) is 5.26. The molecule has 0 aliphatic carbocycles. The van der Waals surface area contributed by atoms with Gasteiger partial charge in [-0.05, 0) is 51.7 Å². The Kier molecular flexibility index (Phi) is 4.00. The molecule has 0 aromatic heterocycles. The quantitative estimate of drug-likeness (QED) is 0.727. The van der Waals surface area contributed by atoms with E-state index in [0.717, 1.165) is 18.5 Å². The SMILES string of the molecule is CN1CCCCC1CC1CNC(CO)C1. The average molecular weight is 212 g/mol. The fourth-order valence-corrected chi connectivity index (χ4v) is 3.05. The standard InChI is InChI=1S/C12H24N2O/c1-14-5-3-2-4-12(14)7-10-6-11(9-15)13-8-10/h10-13,15H,2-9H2,1H3. The molecule has 0 bridgehead atoms. The molecule has 0 spiro atoms. The van der Waals surface area contributed by atoms with Crippen molar-refractivity contribution in [3.8, 4) is 0 Å². The van der Waals surface area contributed by atoms with Crippen molar-refractivity contribution in [2.45, 2.75) is 44.2 Å². The third-order valence-electron chi connectivity index (χ3n) is 4.06. The molecular formula is C12H24N2O. The smallest absolute Gasteiger partial charge is 0.0584 e. The minimum Gasteiger partial charge on any atom is -0.395 e. The fourth-order valence-electron chi connectivity index (χ4n) is 3.05. The van der Waals surface area contributed by atoms with Crippen LogP contribution in [0.15, 0.2) is 0 Å². The molecule has 3 unspecified atom stereocenters. The zero-order valence-corrected chi connectivity index (χ0v) is 9.78. The molecule has 3 atom stereocenters. The van der Waals surface area contributed by atoms with E-state index in [1.807, 2.05) is 0 Å². The maximum absolute atomic E-state index is 9.07. The van der Waals surface area contributed by atoms with Gasteiger partial charge < -0.3 is 15.3 Å². The zero-order valence-electron chi connectivity index (χ0n) is 9.78. The van der Waals surface area contributed by atoms with Gasteiger partial charge in [0.15, 0.2) is 0 Å². The number of likely N-dealkylation sites (tertiary alicyclic amines) is 1. The molecule has 3 heteroatoms. The molecule has 0 saturated carbocycles. The number of hydrogen-bond acceptors (Lipinski definition) is 3. The van der Waals surface area contributed by atoms with Crippen LogP contribution in [0.4, 0.5) is 0 Å². The van der Waals surface area contributed by atoms with Gasteiger partial charge >= 0.3 is 0 Å². The van der Waals surface area contributed by atoms with E-state index in [1.54, 1.807) is 0 Å². The van der Waals surface area contributed by atoms with E-state index in [1.165, 1.54) is 38.6 Å². The van der Waals surface area contributed by atoms with Gasteiger partial charge in [0.25, 0.3) is 0 Å². The molecule has 2 fully saturated rings. The predicted octanol–water partition coefficient (Wildman–Crippen LogP) is 0.831. The van der Waals surface area contributed by atoms with Crippen molar-refractivity contribution in [2.24, 2.45) is 5.92 Å². The number of piperidine rings is 1. The molecule has 2 N–H and O–H groups in total. The Balaban J connectivity index is 1.76. The topological polar surface area (TPSA) is 35.5 Å². The third kappa shape index (κ3) is 2.92. The van der Waals surface area contributed by atoms with E-state index in [2.05, 4.69) is 17.3 Å². The fraction of sp³-hybridized carbons (Fsp3) is 1.00. The van der Waals surface area contributed by atoms with Gasteiger partial charge in [0.1, 0.15) is 0 Å². The van der Waals surface area contributed by atoms with Crippen LogP contribution in [0.3, 0.4) is 0 Å². The maximum atomic E-state index is 9.07. The molecule has 88 valence electrons. The summed E-state index contributed by atoms with van der Waals surface area (Å²) >= 11 is 0. The van der Waals surface area contributed by atoms with E-state index < -0.39 is 0 Å². The summed E-state index contributed by atoms with van der Waals surface area (Å²) in [4.78, 5) is 2.52. The highest BCUT2D eigenvalue weighted by atomic mass is 16.3. The van der Waals surface area contributed by atoms with E-state index >= 15 is 0 Å². The number of nitrogens with one attached hydrogen (secondary N) is 1. The van der Waals surface area contributed by atoms with E-state index in [9.17, 15) is 0 Å². The molecule has 0 amide bonds. The van der Waals surface area contributed by atoms with Crippen LogP contribution in [0.5, 0.6) is 0 Å². The van der Waals surface area contributed by atoms with Crippen LogP contribution < -0.4 is 5.32 Å². The van der Waals surface area contributed by atoms with Gasteiger partial charge in [-0.15, -0.1) is 0 Å². The molecule has 2 heterocycles. The average Bonchev–Trinajstić information content (AvgIpc) is 2.69. The van der Waals surface area contributed by atoms with Gasteiger partial charge in [-0.1, -0.05) is 6.42 Å². The number of nitrogens with zero attached hydrogens (tertiary/aromatic N) is 1. The van der Waals surface area contributed by atoms with Crippen LogP contribution in [0.25, 0.3) is 0 Å². The highest BCUT2D eigenvalue weighted by Crippen LogP contribution is 2.25. The Morgan fingerprint density at radius 1 is 1.40 bits per heavy atom. The van der Waals surface area contributed by atoms with E-state index in [-0.39, 0.29) is 0 Å². The summed E-state index contributed by atoms with van der Waals surface area (Å²) in [5.74, 6) is 0.785. The molecular weight excluding hydrogens is 188 g/mol. The second kappa shape index (κ2) is 5.28. The van der Waals surface area contributed by atoms with Crippen molar-refractivity contribution >= 4 is 0 Å². The van der Waals surface area contributed by atoms with Crippen molar-refractivity contribution in [2.75, 3.05) is 26.7 Å². The molecule has 2 aliphatic heterocycles. The van der Waals surface area contributed by atoms with Crippen LogP contribution in [0, 0.1) is 5.92 Å². The summed E-state index contributed by atoms with van der Waals surface area (Å²) in [7, 11) is 2.26. The highest BCUT2D eigenvalue weighted by molar-refractivity contribution is 4.85. The minimum absolute atomic E-state index is 0.303. The van der Waals surface area contributed by atoms with Crippen molar-refractivity contribution in [3.63, 3.8) is 0 Å². The van der Waals surface area contributed by atoms with Gasteiger partial charge in [-0.3, -0.25) is 0 Å². The van der Waals surface area contributed by atoms with Gasteiger partial charge in [0, 0.05) is 12.1 Å². The Morgan fingerprint density at radius 3 is 2.93 bits per heavy atom. The Labute approximate surface area is 92.8 Å². The van der Waals surface area contributed by atoms with Crippen molar-refractivity contribution in [3.05, 3.63) is 0 Å². The molecule has 0 aromatic rings. The number of aliphatic hydroxyl groups excluding tert-OH is 1. The minimum atomic E-state index is 0.303. The summed E-state index contributed by atoms with van der Waals surface area (Å²) in [6.07, 6.45) is 6.63. The molecule has 2 aliphatic rings. The molecule has 2 rings (SSSR count). The number of aliphatic hydroxyl groups is 1. The Bertz CT molecular complexity index is 198. The summed E-state index contributed by atoms with van der Waals surface area (Å²) in [6.45, 7) is 2.68. The first kappa shape index (κ1) is 11.4. The lowest BCUT2D eigenvalue weighted by atomic mass is 9.91. The van der Waals surface area contributed by atoms with Crippen LogP contribution in [0.2, 0.25) is 0 Å². The summed E-state index contributed by atoms with van der Waals surface area (Å²) in [5.41, 5.74) is 0. The largest absolute Gasteiger partial charge is 0.395 e. The summed E-state index contributed by atoms with van der Waals surface area (Å²) in [5, 5.41) is 12.5. The summed E-state index contributed by atoms with van der Waals surface area (Å²) in [6, 6.07) is 1.16. The van der Waals surface area contributed by atoms with Gasteiger partial charge in [-0.2, -0.15) is 0 Å². The predicted molar refractivity (Wildman–Crippen MR) is 61.9 cm³/mol. The normalized spacial score (nSPS) is 38.4. The first-order valence-electron chi connectivity index (χ1n) is 6.34. The van der Waals surface area contributed by atoms with Crippen LogP contribution in [0.1, 0.15) is 32.1 Å². The van der Waals surface area contributed by atoms with Gasteiger partial charge in [-0.25, -0.2) is 0 Å². The van der Waals surface area contributed by atoms with Gasteiger partial charge in [0.05, 0.1) is 6.61 Å². The monoisotopic (exact) mass is 212 g/mol. The Morgan fingerprint density at radius 2 is 2.27 bits per heavy atom. The van der Waals surface area contributed by atoms with Crippen molar-refractivity contribution in [1.29, 1.82) is 0 Å².